The molecule has 0 atom stereocenters. The van der Waals surface area contributed by atoms with E-state index in [0.29, 0.717) is 25.0 Å². The van der Waals surface area contributed by atoms with Crippen LogP contribution in [0.25, 0.3) is 0 Å². The van der Waals surface area contributed by atoms with E-state index < -0.39 is 0 Å². The number of carbonyl (C=O) groups is 1. The molecule has 104 valence electrons. The van der Waals surface area contributed by atoms with Gasteiger partial charge in [-0.15, -0.1) is 0 Å². The van der Waals surface area contributed by atoms with Crippen molar-refractivity contribution in [2.45, 2.75) is 51.5 Å². The first-order valence-corrected chi connectivity index (χ1v) is 7.18. The highest BCUT2D eigenvalue weighted by molar-refractivity contribution is 5.76. The fraction of sp³-hybridized carbons (Fsp3) is 0.562. The predicted octanol–water partition coefficient (Wildman–Crippen LogP) is 3.25. The number of rotatable bonds is 7. The number of carbonyl (C=O) groups excluding carboxylic acids is 1. The minimum Gasteiger partial charge on any atom is -0.493 e. The summed E-state index contributed by atoms with van der Waals surface area (Å²) in [6.45, 7) is 4.92. The summed E-state index contributed by atoms with van der Waals surface area (Å²) < 4.78 is 5.79. The zero-order valence-electron chi connectivity index (χ0n) is 11.8. The van der Waals surface area contributed by atoms with Crippen molar-refractivity contribution in [2.75, 3.05) is 6.61 Å². The molecule has 0 aliphatic heterocycles. The summed E-state index contributed by atoms with van der Waals surface area (Å²) in [6.07, 6.45) is 3.61. The SMILES string of the molecule is CC(C)c1ccccc1OCCCC(=O)NC1CC1. The van der Waals surface area contributed by atoms with Crippen LogP contribution in [0.4, 0.5) is 0 Å². The molecule has 1 amide bonds. The number of hydrogen-bond acceptors (Lipinski definition) is 2. The number of hydrogen-bond donors (Lipinski definition) is 1. The van der Waals surface area contributed by atoms with Gasteiger partial charge in [0.05, 0.1) is 6.61 Å². The second kappa shape index (κ2) is 6.60. The van der Waals surface area contributed by atoms with Crippen molar-refractivity contribution >= 4 is 5.91 Å². The van der Waals surface area contributed by atoms with Crippen molar-refractivity contribution < 1.29 is 9.53 Å². The molecule has 3 heteroatoms. The van der Waals surface area contributed by atoms with Crippen LogP contribution in [-0.2, 0) is 4.79 Å². The Morgan fingerprint density at radius 3 is 2.79 bits per heavy atom. The number of nitrogens with one attached hydrogen (secondary N) is 1. The zero-order valence-corrected chi connectivity index (χ0v) is 11.8. The zero-order chi connectivity index (χ0) is 13.7. The third kappa shape index (κ3) is 4.58. The minimum absolute atomic E-state index is 0.156. The van der Waals surface area contributed by atoms with E-state index in [2.05, 4.69) is 25.2 Å². The Labute approximate surface area is 115 Å². The van der Waals surface area contributed by atoms with Crippen LogP contribution in [0.2, 0.25) is 0 Å². The molecule has 2 rings (SSSR count). The van der Waals surface area contributed by atoms with Crippen LogP contribution in [0, 0.1) is 0 Å². The van der Waals surface area contributed by atoms with Gasteiger partial charge in [0.1, 0.15) is 5.75 Å². The summed E-state index contributed by atoms with van der Waals surface area (Å²) in [4.78, 5) is 11.5. The fourth-order valence-corrected chi connectivity index (χ4v) is 2.03. The molecule has 1 saturated carbocycles. The summed E-state index contributed by atoms with van der Waals surface area (Å²) in [6, 6.07) is 8.57. The summed E-state index contributed by atoms with van der Waals surface area (Å²) in [7, 11) is 0. The van der Waals surface area contributed by atoms with Crippen molar-refractivity contribution in [2.24, 2.45) is 0 Å². The van der Waals surface area contributed by atoms with Crippen LogP contribution >= 0.6 is 0 Å². The second-order valence-electron chi connectivity index (χ2n) is 5.49. The summed E-state index contributed by atoms with van der Waals surface area (Å²) in [5, 5.41) is 2.99. The Hall–Kier alpha value is -1.51. The highest BCUT2D eigenvalue weighted by atomic mass is 16.5. The van der Waals surface area contributed by atoms with Gasteiger partial charge in [-0.1, -0.05) is 32.0 Å². The Balaban J connectivity index is 1.71. The van der Waals surface area contributed by atoms with Gasteiger partial charge in [0.2, 0.25) is 5.91 Å². The number of ether oxygens (including phenoxy) is 1. The van der Waals surface area contributed by atoms with Crippen LogP contribution < -0.4 is 10.1 Å². The maximum absolute atomic E-state index is 11.5. The van der Waals surface area contributed by atoms with Crippen molar-refractivity contribution in [3.8, 4) is 5.75 Å². The molecule has 0 unspecified atom stereocenters. The standard InChI is InChI=1S/C16H23NO2/c1-12(2)14-6-3-4-7-15(14)19-11-5-8-16(18)17-13-9-10-13/h3-4,6-7,12-13H,5,8-11H2,1-2H3,(H,17,18). The number of para-hydroxylation sites is 1. The average Bonchev–Trinajstić information content (AvgIpc) is 3.19. The average molecular weight is 261 g/mol. The van der Waals surface area contributed by atoms with Gasteiger partial charge in [-0.2, -0.15) is 0 Å². The van der Waals surface area contributed by atoms with E-state index in [-0.39, 0.29) is 5.91 Å². The third-order valence-corrected chi connectivity index (χ3v) is 3.29. The maximum atomic E-state index is 11.5. The molecule has 1 aromatic carbocycles. The van der Waals surface area contributed by atoms with Crippen molar-refractivity contribution in [1.29, 1.82) is 0 Å². The van der Waals surface area contributed by atoms with E-state index in [1.54, 1.807) is 0 Å². The van der Waals surface area contributed by atoms with Crippen LogP contribution in [-0.4, -0.2) is 18.6 Å². The monoisotopic (exact) mass is 261 g/mol. The smallest absolute Gasteiger partial charge is 0.220 e. The Bertz CT molecular complexity index is 425. The normalized spacial score (nSPS) is 14.5. The first kappa shape index (κ1) is 13.9. The molecule has 3 nitrogen and oxygen atoms in total. The van der Waals surface area contributed by atoms with Crippen molar-refractivity contribution in [3.05, 3.63) is 29.8 Å². The van der Waals surface area contributed by atoms with Crippen LogP contribution in [0.1, 0.15) is 51.0 Å². The van der Waals surface area contributed by atoms with E-state index in [1.165, 1.54) is 5.56 Å². The van der Waals surface area contributed by atoms with Gasteiger partial charge in [-0.3, -0.25) is 4.79 Å². The molecular formula is C16H23NO2. The molecule has 0 aromatic heterocycles. The van der Waals surface area contributed by atoms with Gasteiger partial charge in [0.15, 0.2) is 0 Å². The minimum atomic E-state index is 0.156. The molecule has 1 aromatic rings. The Kier molecular flexibility index (Phi) is 4.83. The Morgan fingerprint density at radius 1 is 1.37 bits per heavy atom. The van der Waals surface area contributed by atoms with Gasteiger partial charge >= 0.3 is 0 Å². The van der Waals surface area contributed by atoms with Crippen molar-refractivity contribution in [3.63, 3.8) is 0 Å². The summed E-state index contributed by atoms with van der Waals surface area (Å²) >= 11 is 0. The van der Waals surface area contributed by atoms with E-state index in [4.69, 9.17) is 4.74 Å². The van der Waals surface area contributed by atoms with Gasteiger partial charge in [0.25, 0.3) is 0 Å². The van der Waals surface area contributed by atoms with Crippen LogP contribution in [0.3, 0.4) is 0 Å². The molecule has 0 saturated heterocycles. The molecule has 19 heavy (non-hydrogen) atoms. The van der Waals surface area contributed by atoms with Gasteiger partial charge in [0, 0.05) is 12.5 Å². The molecule has 1 N–H and O–H groups in total. The van der Waals surface area contributed by atoms with Gasteiger partial charge in [-0.25, -0.2) is 0 Å². The fourth-order valence-electron chi connectivity index (χ4n) is 2.03. The second-order valence-corrected chi connectivity index (χ2v) is 5.49. The molecule has 0 radical (unpaired) electrons. The lowest BCUT2D eigenvalue weighted by molar-refractivity contribution is -0.121. The van der Waals surface area contributed by atoms with Crippen LogP contribution in [0.15, 0.2) is 24.3 Å². The molecule has 1 fully saturated rings. The molecule has 0 spiro atoms. The van der Waals surface area contributed by atoms with Gasteiger partial charge in [-0.05, 0) is 36.8 Å². The first-order valence-electron chi connectivity index (χ1n) is 7.18. The molecule has 1 aliphatic carbocycles. The number of benzene rings is 1. The topological polar surface area (TPSA) is 38.3 Å². The van der Waals surface area contributed by atoms with Crippen molar-refractivity contribution in [1.82, 2.24) is 5.32 Å². The third-order valence-electron chi connectivity index (χ3n) is 3.29. The predicted molar refractivity (Wildman–Crippen MR) is 76.4 cm³/mol. The van der Waals surface area contributed by atoms with Crippen LogP contribution in [0.5, 0.6) is 5.75 Å². The molecular weight excluding hydrogens is 238 g/mol. The maximum Gasteiger partial charge on any atom is 0.220 e. The first-order chi connectivity index (χ1) is 9.16. The highest BCUT2D eigenvalue weighted by Crippen LogP contribution is 2.26. The van der Waals surface area contributed by atoms with E-state index in [0.717, 1.165) is 25.0 Å². The van der Waals surface area contributed by atoms with E-state index >= 15 is 0 Å². The number of amides is 1. The van der Waals surface area contributed by atoms with Gasteiger partial charge < -0.3 is 10.1 Å². The lowest BCUT2D eigenvalue weighted by Gasteiger charge is -2.13. The lowest BCUT2D eigenvalue weighted by atomic mass is 10.0. The summed E-state index contributed by atoms with van der Waals surface area (Å²) in [5.74, 6) is 1.55. The molecule has 0 bridgehead atoms. The molecule has 0 heterocycles. The largest absolute Gasteiger partial charge is 0.493 e. The highest BCUT2D eigenvalue weighted by Gasteiger charge is 2.22. The van der Waals surface area contributed by atoms with E-state index in [1.807, 2.05) is 18.2 Å². The lowest BCUT2D eigenvalue weighted by Crippen LogP contribution is -2.25. The quantitative estimate of drug-likeness (QED) is 0.765. The molecule has 1 aliphatic rings. The summed E-state index contributed by atoms with van der Waals surface area (Å²) in [5.41, 5.74) is 1.23. The Morgan fingerprint density at radius 2 is 2.11 bits per heavy atom. The van der Waals surface area contributed by atoms with E-state index in [9.17, 15) is 4.79 Å².